The van der Waals surface area contributed by atoms with Crippen molar-refractivity contribution in [3.63, 3.8) is 0 Å². The van der Waals surface area contributed by atoms with Crippen molar-refractivity contribution < 1.29 is 30.9 Å². The van der Waals surface area contributed by atoms with Crippen molar-refractivity contribution in [1.82, 2.24) is 0 Å². The van der Waals surface area contributed by atoms with Crippen molar-refractivity contribution >= 4 is 12.4 Å². The molecule has 1 nitrogen and oxygen atoms in total. The first-order valence-corrected chi connectivity index (χ1v) is 8.71. The number of rotatable bonds is 1. The van der Waals surface area contributed by atoms with Crippen LogP contribution < -0.4 is 5.30 Å². The normalized spacial score (nSPS) is 19.8. The molecule has 0 N–H and O–H groups in total. The lowest BCUT2D eigenvalue weighted by atomic mass is 10.1. The molecule has 3 rings (SSSR count). The van der Waals surface area contributed by atoms with Crippen molar-refractivity contribution in [2.45, 2.75) is 25.2 Å². The molecule has 0 radical (unpaired) electrons. The number of benzene rings is 1. The summed E-state index contributed by atoms with van der Waals surface area (Å²) in [6.07, 6.45) is -2.97. The standard InChI is InChI=1S/C16H11F6OP/c17-15(18,19)10-7-11(16(20,21)22)9-14(8-10)24(23)12-3-1-2-4-13(24)6-5-12/h1-4,7-9H,5-6H2. The highest BCUT2D eigenvalue weighted by molar-refractivity contribution is 7.79. The Hall–Kier alpha value is -1.75. The topological polar surface area (TPSA) is 17.1 Å². The quantitative estimate of drug-likeness (QED) is 0.452. The first kappa shape index (κ1) is 17.1. The van der Waals surface area contributed by atoms with Gasteiger partial charge in [0.15, 0.2) is 7.14 Å². The maximum Gasteiger partial charge on any atom is 0.416 e. The molecule has 2 bridgehead atoms. The van der Waals surface area contributed by atoms with Gasteiger partial charge < -0.3 is 4.57 Å². The number of fused-ring (bicyclic) bond motifs is 2. The zero-order chi connectivity index (χ0) is 17.8. The summed E-state index contributed by atoms with van der Waals surface area (Å²) in [5.74, 6) is 0. The first-order valence-electron chi connectivity index (χ1n) is 7.00. The highest BCUT2D eigenvalue weighted by Gasteiger charge is 2.43. The fourth-order valence-electron chi connectivity index (χ4n) is 2.92. The lowest BCUT2D eigenvalue weighted by molar-refractivity contribution is -0.142. The van der Waals surface area contributed by atoms with Gasteiger partial charge in [0, 0.05) is 5.30 Å². The molecule has 1 aromatic carbocycles. The Morgan fingerprint density at radius 3 is 1.54 bits per heavy atom. The van der Waals surface area contributed by atoms with Crippen LogP contribution in [0, 0.1) is 0 Å². The molecule has 0 unspecified atom stereocenters. The van der Waals surface area contributed by atoms with Crippen LogP contribution in [0.15, 0.2) is 53.1 Å². The zero-order valence-corrected chi connectivity index (χ0v) is 13.0. The van der Waals surface area contributed by atoms with Crippen molar-refractivity contribution in [2.75, 3.05) is 0 Å². The Bertz CT molecular complexity index is 766. The molecule has 0 spiro atoms. The van der Waals surface area contributed by atoms with E-state index in [0.29, 0.717) is 35.6 Å². The number of hydrogen-bond acceptors (Lipinski definition) is 1. The summed E-state index contributed by atoms with van der Waals surface area (Å²) in [6, 6.07) is 1.21. The molecule has 1 saturated heterocycles. The molecule has 0 atom stereocenters. The van der Waals surface area contributed by atoms with Crippen molar-refractivity contribution in [3.05, 3.63) is 64.3 Å². The minimum Gasteiger partial charge on any atom is -0.309 e. The molecule has 0 aliphatic carbocycles. The molecule has 0 aromatic heterocycles. The second kappa shape index (κ2) is 5.38. The van der Waals surface area contributed by atoms with Gasteiger partial charge in [-0.25, -0.2) is 0 Å². The van der Waals surface area contributed by atoms with Crippen LogP contribution in [0.1, 0.15) is 24.0 Å². The summed E-state index contributed by atoms with van der Waals surface area (Å²) < 4.78 is 91.5. The van der Waals surface area contributed by atoms with Crippen LogP contribution in [-0.2, 0) is 16.9 Å². The van der Waals surface area contributed by atoms with Gasteiger partial charge in [0.25, 0.3) is 0 Å². The number of allylic oxidation sites excluding steroid dienone is 6. The maximum absolute atomic E-state index is 13.4. The summed E-state index contributed by atoms with van der Waals surface area (Å²) in [6.45, 7) is 0. The average Bonchev–Trinajstić information content (AvgIpc) is 2.66. The third kappa shape index (κ3) is 2.75. The van der Waals surface area contributed by atoms with Crippen molar-refractivity contribution in [3.8, 4) is 0 Å². The summed E-state index contributed by atoms with van der Waals surface area (Å²) in [7, 11) is -3.61. The van der Waals surface area contributed by atoms with E-state index in [1.807, 2.05) is 0 Å². The lowest BCUT2D eigenvalue weighted by Crippen LogP contribution is -2.17. The van der Waals surface area contributed by atoms with E-state index in [0.717, 1.165) is 0 Å². The van der Waals surface area contributed by atoms with E-state index in [1.165, 1.54) is 12.2 Å². The maximum atomic E-state index is 13.4. The summed E-state index contributed by atoms with van der Waals surface area (Å²) >= 11 is 0. The first-order chi connectivity index (χ1) is 11.0. The van der Waals surface area contributed by atoms with Crippen LogP contribution in [-0.4, -0.2) is 0 Å². The van der Waals surface area contributed by atoms with Crippen LogP contribution in [0.4, 0.5) is 26.3 Å². The van der Waals surface area contributed by atoms with Crippen molar-refractivity contribution in [2.24, 2.45) is 0 Å². The molecule has 2 aliphatic rings. The molecule has 24 heavy (non-hydrogen) atoms. The SMILES string of the molecule is O=P1(c2cc(C(F)(F)F)cc(C(F)(F)F)c2)C2=CC=CC=C1CC2. The fourth-order valence-corrected chi connectivity index (χ4v) is 6.04. The predicted molar refractivity (Wildman–Crippen MR) is 78.2 cm³/mol. The van der Waals surface area contributed by atoms with Gasteiger partial charge in [0.1, 0.15) is 0 Å². The average molecular weight is 364 g/mol. The Morgan fingerprint density at radius 1 is 0.750 bits per heavy atom. The van der Waals surface area contributed by atoms with Gasteiger partial charge in [-0.3, -0.25) is 0 Å². The molecule has 0 amide bonds. The molecular weight excluding hydrogens is 353 g/mol. The van der Waals surface area contributed by atoms with Crippen LogP contribution in [0.2, 0.25) is 0 Å². The largest absolute Gasteiger partial charge is 0.416 e. The summed E-state index contributed by atoms with van der Waals surface area (Å²) in [4.78, 5) is 0. The molecule has 0 saturated carbocycles. The monoisotopic (exact) mass is 364 g/mol. The van der Waals surface area contributed by atoms with E-state index in [1.54, 1.807) is 12.2 Å². The van der Waals surface area contributed by atoms with E-state index < -0.39 is 35.9 Å². The van der Waals surface area contributed by atoms with Gasteiger partial charge in [0.2, 0.25) is 0 Å². The fraction of sp³-hybridized carbons (Fsp3) is 0.250. The Morgan fingerprint density at radius 2 is 1.17 bits per heavy atom. The van der Waals surface area contributed by atoms with Crippen LogP contribution in [0.25, 0.3) is 0 Å². The lowest BCUT2D eigenvalue weighted by Gasteiger charge is -2.20. The van der Waals surface area contributed by atoms with E-state index >= 15 is 0 Å². The third-order valence-corrected chi connectivity index (χ3v) is 7.42. The Balaban J connectivity index is 2.27. The van der Waals surface area contributed by atoms with Gasteiger partial charge in [-0.2, -0.15) is 26.3 Å². The van der Waals surface area contributed by atoms with E-state index in [2.05, 4.69) is 0 Å². The Kier molecular flexibility index (Phi) is 3.83. The number of hydrogen-bond donors (Lipinski definition) is 0. The molecule has 8 heteroatoms. The highest BCUT2D eigenvalue weighted by Crippen LogP contribution is 2.68. The highest BCUT2D eigenvalue weighted by atomic mass is 31.2. The van der Waals surface area contributed by atoms with Gasteiger partial charge in [-0.1, -0.05) is 24.3 Å². The van der Waals surface area contributed by atoms with Crippen LogP contribution in [0.3, 0.4) is 0 Å². The molecule has 1 aromatic rings. The number of alkyl halides is 6. The van der Waals surface area contributed by atoms with Gasteiger partial charge in [-0.05, 0) is 41.7 Å². The molecule has 2 heterocycles. The second-order valence-corrected chi connectivity index (χ2v) is 8.46. The van der Waals surface area contributed by atoms with Crippen molar-refractivity contribution in [1.29, 1.82) is 0 Å². The minimum absolute atomic E-state index is 0.0520. The zero-order valence-electron chi connectivity index (χ0n) is 12.1. The Labute approximate surface area is 133 Å². The van der Waals surface area contributed by atoms with E-state index in [9.17, 15) is 30.9 Å². The summed E-state index contributed by atoms with van der Waals surface area (Å²) in [5, 5.41) is 0.355. The van der Waals surface area contributed by atoms with Crippen LogP contribution >= 0.6 is 7.14 Å². The smallest absolute Gasteiger partial charge is 0.309 e. The number of halogens is 6. The van der Waals surface area contributed by atoms with E-state index in [4.69, 9.17) is 0 Å². The van der Waals surface area contributed by atoms with E-state index in [-0.39, 0.29) is 6.07 Å². The minimum atomic E-state index is -4.96. The third-order valence-electron chi connectivity index (χ3n) is 4.07. The molecule has 1 fully saturated rings. The predicted octanol–water partition coefficient (Wildman–Crippen LogP) is 5.84. The molecule has 2 aliphatic heterocycles. The van der Waals surface area contributed by atoms with Crippen LogP contribution in [0.5, 0.6) is 0 Å². The molecule has 128 valence electrons. The summed E-state index contributed by atoms with van der Waals surface area (Å²) in [5.41, 5.74) is -2.89. The molecular formula is C16H11F6OP. The van der Waals surface area contributed by atoms with Gasteiger partial charge >= 0.3 is 12.4 Å². The van der Waals surface area contributed by atoms with Gasteiger partial charge in [-0.15, -0.1) is 0 Å². The second-order valence-electron chi connectivity index (χ2n) is 5.57. The van der Waals surface area contributed by atoms with Gasteiger partial charge in [0.05, 0.1) is 11.1 Å².